The van der Waals surface area contributed by atoms with Gasteiger partial charge in [-0.3, -0.25) is 10.1 Å². The molecular weight excluding hydrogens is 356 g/mol. The van der Waals surface area contributed by atoms with Crippen molar-refractivity contribution in [2.24, 2.45) is 0 Å². The molecule has 0 aliphatic rings. The molecule has 0 radical (unpaired) electrons. The van der Waals surface area contributed by atoms with E-state index in [1.807, 2.05) is 0 Å². The summed E-state index contributed by atoms with van der Waals surface area (Å²) in [5.74, 6) is 1.12. The van der Waals surface area contributed by atoms with Crippen molar-refractivity contribution in [2.45, 2.75) is 38.3 Å². The molecule has 2 rings (SSSR count). The van der Waals surface area contributed by atoms with Gasteiger partial charge in [0.2, 0.25) is 0 Å². The second kappa shape index (κ2) is 6.92. The van der Waals surface area contributed by atoms with Gasteiger partial charge in [0.15, 0.2) is 4.90 Å². The lowest BCUT2D eigenvalue weighted by molar-refractivity contribution is -0.387. The standard InChI is InChI=1S/C15H17ClN2O5S/c1-10(2)17(9-13-6-4-11(3)23-13)24(21,22)15-7-5-12(16)8-14(15)18(19)20/h4-8,10H,9H2,1-3H3. The topological polar surface area (TPSA) is 93.7 Å². The number of nitro benzene ring substituents is 1. The molecule has 0 N–H and O–H groups in total. The van der Waals surface area contributed by atoms with E-state index in [9.17, 15) is 18.5 Å². The first-order chi connectivity index (χ1) is 11.1. The number of halogens is 1. The van der Waals surface area contributed by atoms with Crippen LogP contribution in [0.15, 0.2) is 39.6 Å². The predicted molar refractivity (Wildman–Crippen MR) is 89.4 cm³/mol. The SMILES string of the molecule is Cc1ccc(CN(C(C)C)S(=O)(=O)c2ccc(Cl)cc2[N+](=O)[O-])o1. The Bertz CT molecular complexity index is 860. The monoisotopic (exact) mass is 372 g/mol. The van der Waals surface area contributed by atoms with Gasteiger partial charge in [-0.2, -0.15) is 4.31 Å². The fourth-order valence-electron chi connectivity index (χ4n) is 2.25. The van der Waals surface area contributed by atoms with E-state index in [1.165, 1.54) is 6.07 Å². The van der Waals surface area contributed by atoms with Gasteiger partial charge in [-0.25, -0.2) is 8.42 Å². The summed E-state index contributed by atoms with van der Waals surface area (Å²) in [6.45, 7) is 5.11. The molecule has 0 spiro atoms. The van der Waals surface area contributed by atoms with Crippen LogP contribution in [0.4, 0.5) is 5.69 Å². The van der Waals surface area contributed by atoms with E-state index >= 15 is 0 Å². The number of aryl methyl sites for hydroxylation is 1. The van der Waals surface area contributed by atoms with Crippen LogP contribution in [0, 0.1) is 17.0 Å². The van der Waals surface area contributed by atoms with E-state index in [0.29, 0.717) is 11.5 Å². The Kier molecular flexibility index (Phi) is 5.32. The molecule has 1 aromatic carbocycles. The summed E-state index contributed by atoms with van der Waals surface area (Å²) in [4.78, 5) is 10.1. The van der Waals surface area contributed by atoms with Crippen LogP contribution in [-0.4, -0.2) is 23.7 Å². The molecule has 1 aromatic heterocycles. The molecule has 0 bridgehead atoms. The first kappa shape index (κ1) is 18.4. The number of furan rings is 1. The Balaban J connectivity index is 2.51. The van der Waals surface area contributed by atoms with Gasteiger partial charge in [0.05, 0.1) is 11.5 Å². The quantitative estimate of drug-likeness (QED) is 0.568. The zero-order chi connectivity index (χ0) is 18.1. The Hall–Kier alpha value is -1.90. The third kappa shape index (κ3) is 3.77. The van der Waals surface area contributed by atoms with Gasteiger partial charge < -0.3 is 4.42 Å². The molecular formula is C15H17ClN2O5S. The minimum absolute atomic E-state index is 0.0202. The van der Waals surface area contributed by atoms with E-state index in [2.05, 4.69) is 0 Å². The van der Waals surface area contributed by atoms with Crippen molar-refractivity contribution < 1.29 is 17.8 Å². The summed E-state index contributed by atoms with van der Waals surface area (Å²) in [5, 5.41) is 11.3. The molecule has 130 valence electrons. The molecule has 9 heteroatoms. The summed E-state index contributed by atoms with van der Waals surface area (Å²) in [7, 11) is -4.11. The van der Waals surface area contributed by atoms with Gasteiger partial charge in [-0.05, 0) is 45.0 Å². The number of nitrogens with zero attached hydrogens (tertiary/aromatic N) is 2. The van der Waals surface area contributed by atoms with Gasteiger partial charge in [0.1, 0.15) is 11.5 Å². The zero-order valence-corrected chi connectivity index (χ0v) is 15.0. The molecule has 0 aliphatic heterocycles. The third-order valence-corrected chi connectivity index (χ3v) is 5.69. The van der Waals surface area contributed by atoms with Crippen LogP contribution >= 0.6 is 11.6 Å². The highest BCUT2D eigenvalue weighted by Gasteiger charge is 2.34. The fourth-order valence-corrected chi connectivity index (χ4v) is 4.16. The Morgan fingerprint density at radius 2 is 1.96 bits per heavy atom. The van der Waals surface area contributed by atoms with Gasteiger partial charge in [0.25, 0.3) is 15.7 Å². The molecule has 0 aliphatic carbocycles. The maximum atomic E-state index is 13.0. The Morgan fingerprint density at radius 3 is 2.46 bits per heavy atom. The van der Waals surface area contributed by atoms with Gasteiger partial charge in [0, 0.05) is 17.1 Å². The number of nitro groups is 1. The summed E-state index contributed by atoms with van der Waals surface area (Å²) in [6, 6.07) is 6.48. The second-order valence-corrected chi connectivity index (χ2v) is 7.82. The highest BCUT2D eigenvalue weighted by atomic mass is 35.5. The van der Waals surface area contributed by atoms with Gasteiger partial charge in [-0.1, -0.05) is 11.6 Å². The van der Waals surface area contributed by atoms with Crippen molar-refractivity contribution >= 4 is 27.3 Å². The van der Waals surface area contributed by atoms with Crippen LogP contribution in [0.2, 0.25) is 5.02 Å². The van der Waals surface area contributed by atoms with Crippen molar-refractivity contribution in [1.29, 1.82) is 0 Å². The number of rotatable bonds is 6. The molecule has 0 fully saturated rings. The smallest absolute Gasteiger partial charge is 0.290 e. The lowest BCUT2D eigenvalue weighted by atomic mass is 10.3. The molecule has 1 heterocycles. The van der Waals surface area contributed by atoms with Crippen molar-refractivity contribution in [3.63, 3.8) is 0 Å². The highest BCUT2D eigenvalue weighted by molar-refractivity contribution is 7.89. The average molecular weight is 373 g/mol. The molecule has 0 saturated heterocycles. The maximum absolute atomic E-state index is 13.0. The summed E-state index contributed by atoms with van der Waals surface area (Å²) in [5.41, 5.74) is -0.552. The van der Waals surface area contributed by atoms with Gasteiger partial charge in [-0.15, -0.1) is 0 Å². The van der Waals surface area contributed by atoms with Crippen LogP contribution < -0.4 is 0 Å². The average Bonchev–Trinajstić information content (AvgIpc) is 2.89. The molecule has 0 atom stereocenters. The lowest BCUT2D eigenvalue weighted by Crippen LogP contribution is -2.36. The minimum atomic E-state index is -4.11. The number of benzene rings is 1. The third-order valence-electron chi connectivity index (χ3n) is 3.39. The number of hydrogen-bond acceptors (Lipinski definition) is 5. The van der Waals surface area contributed by atoms with E-state index in [1.54, 1.807) is 32.9 Å². The van der Waals surface area contributed by atoms with Crippen molar-refractivity contribution in [1.82, 2.24) is 4.31 Å². The van der Waals surface area contributed by atoms with E-state index in [-0.39, 0.29) is 11.6 Å². The van der Waals surface area contributed by atoms with Crippen molar-refractivity contribution in [2.75, 3.05) is 0 Å². The van der Waals surface area contributed by atoms with Crippen molar-refractivity contribution in [3.05, 3.63) is 57.0 Å². The number of hydrogen-bond donors (Lipinski definition) is 0. The molecule has 0 unspecified atom stereocenters. The summed E-state index contributed by atoms with van der Waals surface area (Å²) < 4.78 is 32.5. The van der Waals surface area contributed by atoms with Crippen LogP contribution in [0.1, 0.15) is 25.4 Å². The lowest BCUT2D eigenvalue weighted by Gasteiger charge is -2.24. The predicted octanol–water partition coefficient (Wildman–Crippen LogP) is 3.75. The summed E-state index contributed by atoms with van der Waals surface area (Å²) in [6.07, 6.45) is 0. The zero-order valence-electron chi connectivity index (χ0n) is 13.4. The highest BCUT2D eigenvalue weighted by Crippen LogP contribution is 2.31. The van der Waals surface area contributed by atoms with Crippen molar-refractivity contribution in [3.8, 4) is 0 Å². The molecule has 0 amide bonds. The Morgan fingerprint density at radius 1 is 1.29 bits per heavy atom. The molecule has 7 nitrogen and oxygen atoms in total. The minimum Gasteiger partial charge on any atom is -0.465 e. The maximum Gasteiger partial charge on any atom is 0.290 e. The normalized spacial score (nSPS) is 12.1. The van der Waals surface area contributed by atoms with Crippen LogP contribution in [-0.2, 0) is 16.6 Å². The van der Waals surface area contributed by atoms with Crippen LogP contribution in [0.3, 0.4) is 0 Å². The van der Waals surface area contributed by atoms with Gasteiger partial charge >= 0.3 is 0 Å². The van der Waals surface area contributed by atoms with E-state index in [4.69, 9.17) is 16.0 Å². The van der Waals surface area contributed by atoms with E-state index in [0.717, 1.165) is 16.4 Å². The first-order valence-electron chi connectivity index (χ1n) is 7.14. The summed E-state index contributed by atoms with van der Waals surface area (Å²) >= 11 is 5.76. The molecule has 24 heavy (non-hydrogen) atoms. The molecule has 0 saturated carbocycles. The Labute approximate surface area is 145 Å². The van der Waals surface area contributed by atoms with Crippen LogP contribution in [0.25, 0.3) is 0 Å². The van der Waals surface area contributed by atoms with E-state index < -0.39 is 31.6 Å². The second-order valence-electron chi connectivity index (χ2n) is 5.53. The molecule has 2 aromatic rings. The van der Waals surface area contributed by atoms with Crippen LogP contribution in [0.5, 0.6) is 0 Å². The first-order valence-corrected chi connectivity index (χ1v) is 8.96. The number of sulfonamides is 1. The largest absolute Gasteiger partial charge is 0.465 e. The fraction of sp³-hybridized carbons (Fsp3) is 0.333.